The Hall–Kier alpha value is -0.0800. The van der Waals surface area contributed by atoms with E-state index in [1.54, 1.807) is 0 Å². The van der Waals surface area contributed by atoms with Crippen molar-refractivity contribution in [2.75, 3.05) is 13.2 Å². The molecule has 4 unspecified atom stereocenters. The largest absolute Gasteiger partial charge is 0.378 e. The molecule has 0 spiro atoms. The van der Waals surface area contributed by atoms with Gasteiger partial charge in [-0.1, -0.05) is 46.5 Å². The van der Waals surface area contributed by atoms with E-state index in [2.05, 4.69) is 20.8 Å². The van der Waals surface area contributed by atoms with Gasteiger partial charge in [0, 0.05) is 6.61 Å². The zero-order valence-electron chi connectivity index (χ0n) is 13.4. The average molecular weight is 269 g/mol. The van der Waals surface area contributed by atoms with Crippen LogP contribution in [-0.2, 0) is 4.74 Å². The van der Waals surface area contributed by atoms with Gasteiger partial charge in [-0.05, 0) is 50.0 Å². The summed E-state index contributed by atoms with van der Waals surface area (Å²) in [6.07, 6.45) is 10.8. The third kappa shape index (κ3) is 5.83. The first kappa shape index (κ1) is 17.0. The Morgan fingerprint density at radius 1 is 1.21 bits per heavy atom. The van der Waals surface area contributed by atoms with E-state index >= 15 is 0 Å². The van der Waals surface area contributed by atoms with E-state index in [1.807, 2.05) is 0 Å². The first-order chi connectivity index (χ1) is 9.24. The van der Waals surface area contributed by atoms with Crippen LogP contribution in [0.15, 0.2) is 0 Å². The Balaban J connectivity index is 2.38. The van der Waals surface area contributed by atoms with Crippen LogP contribution < -0.4 is 5.73 Å². The summed E-state index contributed by atoms with van der Waals surface area (Å²) in [7, 11) is 0. The predicted molar refractivity (Wildman–Crippen MR) is 83.2 cm³/mol. The molecule has 1 saturated carbocycles. The number of hydrogen-bond acceptors (Lipinski definition) is 2. The molecule has 1 aliphatic rings. The number of ether oxygens (including phenoxy) is 1. The number of hydrogen-bond donors (Lipinski definition) is 1. The van der Waals surface area contributed by atoms with Crippen LogP contribution in [0.1, 0.15) is 72.1 Å². The van der Waals surface area contributed by atoms with Gasteiger partial charge in [-0.2, -0.15) is 0 Å². The SMILES string of the molecule is CCCCC(CC)COC1CC(CC)CCC1CN. The van der Waals surface area contributed by atoms with E-state index in [1.165, 1.54) is 51.4 Å². The summed E-state index contributed by atoms with van der Waals surface area (Å²) in [6, 6.07) is 0. The lowest BCUT2D eigenvalue weighted by Gasteiger charge is -2.36. The van der Waals surface area contributed by atoms with E-state index in [9.17, 15) is 0 Å². The molecule has 0 aromatic carbocycles. The molecule has 2 N–H and O–H groups in total. The lowest BCUT2D eigenvalue weighted by atomic mass is 9.78. The minimum Gasteiger partial charge on any atom is -0.378 e. The van der Waals surface area contributed by atoms with Crippen LogP contribution in [-0.4, -0.2) is 19.3 Å². The van der Waals surface area contributed by atoms with Crippen LogP contribution in [0.2, 0.25) is 0 Å². The molecule has 0 bridgehead atoms. The summed E-state index contributed by atoms with van der Waals surface area (Å²) in [6.45, 7) is 8.62. The van der Waals surface area contributed by atoms with Crippen molar-refractivity contribution in [2.24, 2.45) is 23.5 Å². The first-order valence-corrected chi connectivity index (χ1v) is 8.56. The van der Waals surface area contributed by atoms with Gasteiger partial charge in [-0.25, -0.2) is 0 Å². The van der Waals surface area contributed by atoms with Crippen molar-refractivity contribution in [3.8, 4) is 0 Å². The molecule has 2 heteroatoms. The first-order valence-electron chi connectivity index (χ1n) is 8.56. The number of rotatable bonds is 9. The molecule has 0 aromatic heterocycles. The maximum absolute atomic E-state index is 6.29. The number of nitrogens with two attached hydrogens (primary N) is 1. The second-order valence-corrected chi connectivity index (χ2v) is 6.37. The highest BCUT2D eigenvalue weighted by Crippen LogP contribution is 2.33. The Bertz CT molecular complexity index is 219. The Morgan fingerprint density at radius 3 is 2.58 bits per heavy atom. The van der Waals surface area contributed by atoms with Crippen LogP contribution in [0, 0.1) is 17.8 Å². The van der Waals surface area contributed by atoms with Crippen molar-refractivity contribution >= 4 is 0 Å². The van der Waals surface area contributed by atoms with Gasteiger partial charge in [0.25, 0.3) is 0 Å². The average Bonchev–Trinajstić information content (AvgIpc) is 2.47. The monoisotopic (exact) mass is 269 g/mol. The summed E-state index contributed by atoms with van der Waals surface area (Å²) >= 11 is 0. The molecule has 19 heavy (non-hydrogen) atoms. The molecule has 2 nitrogen and oxygen atoms in total. The molecule has 1 rings (SSSR count). The summed E-state index contributed by atoms with van der Waals surface area (Å²) in [5.74, 6) is 2.22. The standard InChI is InChI=1S/C17H35NO/c1-4-7-8-15(6-3)13-19-17-11-14(5-2)9-10-16(17)12-18/h14-17H,4-13,18H2,1-3H3. The molecule has 0 amide bonds. The third-order valence-electron chi connectivity index (χ3n) is 5.01. The zero-order chi connectivity index (χ0) is 14.1. The molecule has 1 fully saturated rings. The molecule has 0 saturated heterocycles. The zero-order valence-corrected chi connectivity index (χ0v) is 13.4. The van der Waals surface area contributed by atoms with Gasteiger partial charge in [-0.3, -0.25) is 0 Å². The van der Waals surface area contributed by atoms with Gasteiger partial charge in [0.05, 0.1) is 6.10 Å². The second-order valence-electron chi connectivity index (χ2n) is 6.37. The van der Waals surface area contributed by atoms with Crippen LogP contribution in [0.4, 0.5) is 0 Å². The normalized spacial score (nSPS) is 29.4. The summed E-state index contributed by atoms with van der Waals surface area (Å²) < 4.78 is 6.29. The highest BCUT2D eigenvalue weighted by molar-refractivity contribution is 4.81. The number of unbranched alkanes of at least 4 members (excludes halogenated alkanes) is 1. The van der Waals surface area contributed by atoms with E-state index in [0.29, 0.717) is 12.0 Å². The quantitative estimate of drug-likeness (QED) is 0.674. The van der Waals surface area contributed by atoms with Crippen molar-refractivity contribution in [1.29, 1.82) is 0 Å². The molecule has 4 atom stereocenters. The lowest BCUT2D eigenvalue weighted by molar-refractivity contribution is -0.0398. The van der Waals surface area contributed by atoms with E-state index in [0.717, 1.165) is 25.0 Å². The minimum absolute atomic E-state index is 0.430. The van der Waals surface area contributed by atoms with Crippen molar-refractivity contribution in [3.05, 3.63) is 0 Å². The van der Waals surface area contributed by atoms with Gasteiger partial charge >= 0.3 is 0 Å². The molecular formula is C17H35NO. The van der Waals surface area contributed by atoms with E-state index in [4.69, 9.17) is 10.5 Å². The van der Waals surface area contributed by atoms with Crippen LogP contribution in [0.25, 0.3) is 0 Å². The summed E-state index contributed by atoms with van der Waals surface area (Å²) in [5.41, 5.74) is 5.92. The summed E-state index contributed by atoms with van der Waals surface area (Å²) in [4.78, 5) is 0. The van der Waals surface area contributed by atoms with Gasteiger partial charge in [0.1, 0.15) is 0 Å². The fourth-order valence-corrected chi connectivity index (χ4v) is 3.28. The van der Waals surface area contributed by atoms with Gasteiger partial charge in [-0.15, -0.1) is 0 Å². The molecular weight excluding hydrogens is 234 g/mol. The Morgan fingerprint density at radius 2 is 2.00 bits per heavy atom. The summed E-state index contributed by atoms with van der Waals surface area (Å²) in [5, 5.41) is 0. The predicted octanol–water partition coefficient (Wildman–Crippen LogP) is 4.37. The van der Waals surface area contributed by atoms with Crippen molar-refractivity contribution in [1.82, 2.24) is 0 Å². The van der Waals surface area contributed by atoms with Crippen molar-refractivity contribution in [2.45, 2.75) is 78.2 Å². The van der Waals surface area contributed by atoms with E-state index < -0.39 is 0 Å². The fourth-order valence-electron chi connectivity index (χ4n) is 3.28. The highest BCUT2D eigenvalue weighted by Gasteiger charge is 2.29. The van der Waals surface area contributed by atoms with Gasteiger partial charge in [0.2, 0.25) is 0 Å². The smallest absolute Gasteiger partial charge is 0.0618 e. The van der Waals surface area contributed by atoms with Crippen LogP contribution >= 0.6 is 0 Å². The molecule has 0 radical (unpaired) electrons. The minimum atomic E-state index is 0.430. The maximum Gasteiger partial charge on any atom is 0.0618 e. The molecule has 0 heterocycles. The van der Waals surface area contributed by atoms with Crippen LogP contribution in [0.5, 0.6) is 0 Å². The van der Waals surface area contributed by atoms with Crippen LogP contribution in [0.3, 0.4) is 0 Å². The topological polar surface area (TPSA) is 35.2 Å². The molecule has 114 valence electrons. The van der Waals surface area contributed by atoms with Gasteiger partial charge < -0.3 is 10.5 Å². The molecule has 0 aromatic rings. The van der Waals surface area contributed by atoms with Crippen molar-refractivity contribution in [3.63, 3.8) is 0 Å². The van der Waals surface area contributed by atoms with Crippen molar-refractivity contribution < 1.29 is 4.74 Å². The molecule has 1 aliphatic carbocycles. The second kappa shape index (κ2) is 9.77. The highest BCUT2D eigenvalue weighted by atomic mass is 16.5. The molecule has 0 aliphatic heterocycles. The van der Waals surface area contributed by atoms with Gasteiger partial charge in [0.15, 0.2) is 0 Å². The third-order valence-corrected chi connectivity index (χ3v) is 5.01. The lowest BCUT2D eigenvalue weighted by Crippen LogP contribution is -2.37. The Kier molecular flexibility index (Phi) is 8.72. The van der Waals surface area contributed by atoms with E-state index in [-0.39, 0.29) is 0 Å². The maximum atomic E-state index is 6.29. The fraction of sp³-hybridized carbons (Fsp3) is 1.00. The Labute approximate surface area is 120 Å².